The largest absolute Gasteiger partial charge is 0.460 e. The summed E-state index contributed by atoms with van der Waals surface area (Å²) in [5.41, 5.74) is 5.93. The molecule has 1 fully saturated rings. The molecule has 2 N–H and O–H groups in total. The number of benzene rings is 1. The van der Waals surface area contributed by atoms with Crippen molar-refractivity contribution >= 4 is 23.9 Å². The predicted octanol–water partition coefficient (Wildman–Crippen LogP) is 4.18. The second-order valence-electron chi connectivity index (χ2n) is 12.2. The molecule has 0 aliphatic carbocycles. The second-order valence-corrected chi connectivity index (χ2v) is 12.2. The molecule has 2 aliphatic heterocycles. The Balaban J connectivity index is 1.75. The Labute approximate surface area is 223 Å². The molecule has 2 heterocycles. The van der Waals surface area contributed by atoms with E-state index in [1.54, 1.807) is 38.7 Å². The van der Waals surface area contributed by atoms with Crippen LogP contribution in [-0.4, -0.2) is 64.0 Å². The number of rotatable bonds is 6. The number of aryl methyl sites for hydroxylation is 1. The van der Waals surface area contributed by atoms with Crippen LogP contribution in [0.4, 0.5) is 9.18 Å². The fourth-order valence-corrected chi connectivity index (χ4v) is 5.07. The van der Waals surface area contributed by atoms with Gasteiger partial charge in [-0.3, -0.25) is 14.4 Å². The molecule has 38 heavy (non-hydrogen) atoms. The number of likely N-dealkylation sites (tertiary alicyclic amines) is 1. The van der Waals surface area contributed by atoms with Crippen LogP contribution in [0.2, 0.25) is 0 Å². The van der Waals surface area contributed by atoms with E-state index in [1.165, 1.54) is 4.90 Å². The van der Waals surface area contributed by atoms with Gasteiger partial charge in [0.05, 0.1) is 12.1 Å². The number of nitrogens with zero attached hydrogens (tertiary/aromatic N) is 2. The first kappa shape index (κ1) is 29.4. The zero-order chi connectivity index (χ0) is 28.6. The standard InChI is InChI=1S/C28H40FN3O6/c1-16-14-18(17-10-12-31(13-11-17)26(36)38-28(5,6)7)23(29)19-15-32(25(35)22(16)19)20(24(30)34)8-9-21(33)37-27(2,3)4/h14,17,20H,8-13,15H2,1-7H3,(H2,30,34)/t20-/m0/s1. The Morgan fingerprint density at radius 2 is 1.66 bits per heavy atom. The van der Waals surface area contributed by atoms with Gasteiger partial charge in [-0.15, -0.1) is 0 Å². The average molecular weight is 534 g/mol. The Morgan fingerprint density at radius 3 is 2.18 bits per heavy atom. The van der Waals surface area contributed by atoms with E-state index in [4.69, 9.17) is 15.2 Å². The summed E-state index contributed by atoms with van der Waals surface area (Å²) in [4.78, 5) is 53.0. The Morgan fingerprint density at radius 1 is 1.08 bits per heavy atom. The number of amides is 3. The first-order valence-corrected chi connectivity index (χ1v) is 13.1. The van der Waals surface area contributed by atoms with Gasteiger partial charge in [-0.25, -0.2) is 9.18 Å². The van der Waals surface area contributed by atoms with E-state index in [1.807, 2.05) is 20.8 Å². The number of halogens is 1. The summed E-state index contributed by atoms with van der Waals surface area (Å²) in [6.45, 7) is 13.2. The van der Waals surface area contributed by atoms with Crippen molar-refractivity contribution in [2.45, 2.75) is 104 Å². The number of esters is 1. The summed E-state index contributed by atoms with van der Waals surface area (Å²) in [5.74, 6) is -2.33. The molecular weight excluding hydrogens is 493 g/mol. The molecule has 0 bridgehead atoms. The van der Waals surface area contributed by atoms with Crippen molar-refractivity contribution in [2.24, 2.45) is 5.73 Å². The number of fused-ring (bicyclic) bond motifs is 1. The maximum Gasteiger partial charge on any atom is 0.410 e. The SMILES string of the molecule is Cc1cc(C2CCN(C(=O)OC(C)(C)C)CC2)c(F)c2c1C(=O)N([C@@H](CCC(=O)OC(C)(C)C)C(N)=O)C2. The predicted molar refractivity (Wildman–Crippen MR) is 139 cm³/mol. The van der Waals surface area contributed by atoms with Crippen LogP contribution in [0.1, 0.15) is 100 Å². The lowest BCUT2D eigenvalue weighted by Gasteiger charge is -2.34. The molecule has 3 rings (SSSR count). The van der Waals surface area contributed by atoms with Crippen LogP contribution in [0.5, 0.6) is 0 Å². The van der Waals surface area contributed by atoms with Gasteiger partial charge in [0, 0.05) is 25.1 Å². The molecule has 0 spiro atoms. The first-order valence-electron chi connectivity index (χ1n) is 13.1. The highest BCUT2D eigenvalue weighted by Crippen LogP contribution is 2.38. The van der Waals surface area contributed by atoms with Gasteiger partial charge in [-0.1, -0.05) is 6.07 Å². The van der Waals surface area contributed by atoms with E-state index in [0.717, 1.165) is 0 Å². The molecule has 0 unspecified atom stereocenters. The fraction of sp³-hybridized carbons (Fsp3) is 0.643. The third-order valence-corrected chi connectivity index (χ3v) is 6.72. The van der Waals surface area contributed by atoms with Crippen LogP contribution >= 0.6 is 0 Å². The number of carbonyl (C=O) groups is 4. The summed E-state index contributed by atoms with van der Waals surface area (Å²) in [6, 6.07) is 0.630. The van der Waals surface area contributed by atoms with Gasteiger partial charge in [-0.05, 0) is 84.8 Å². The minimum Gasteiger partial charge on any atom is -0.460 e. The quantitative estimate of drug-likeness (QED) is 0.548. The first-order chi connectivity index (χ1) is 17.5. The molecular formula is C28H40FN3O6. The molecule has 1 aromatic carbocycles. The topological polar surface area (TPSA) is 119 Å². The number of piperidine rings is 1. The molecule has 1 aromatic rings. The van der Waals surface area contributed by atoms with Crippen LogP contribution in [0.3, 0.4) is 0 Å². The normalized spacial score (nSPS) is 17.3. The molecule has 0 radical (unpaired) electrons. The van der Waals surface area contributed by atoms with Crippen molar-refractivity contribution < 1.29 is 33.0 Å². The van der Waals surface area contributed by atoms with E-state index in [2.05, 4.69) is 0 Å². The van der Waals surface area contributed by atoms with Crippen LogP contribution in [-0.2, 0) is 25.6 Å². The highest BCUT2D eigenvalue weighted by molar-refractivity contribution is 6.02. The number of hydrogen-bond acceptors (Lipinski definition) is 6. The van der Waals surface area contributed by atoms with E-state index in [-0.39, 0.29) is 42.5 Å². The van der Waals surface area contributed by atoms with Gasteiger partial charge < -0.3 is 25.0 Å². The average Bonchev–Trinajstić information content (AvgIpc) is 3.12. The third kappa shape index (κ3) is 6.82. The van der Waals surface area contributed by atoms with Crippen molar-refractivity contribution in [3.63, 3.8) is 0 Å². The fourth-order valence-electron chi connectivity index (χ4n) is 5.07. The smallest absolute Gasteiger partial charge is 0.410 e. The van der Waals surface area contributed by atoms with E-state index in [0.29, 0.717) is 37.1 Å². The molecule has 10 heteroatoms. The molecule has 3 amide bonds. The Kier molecular flexibility index (Phi) is 8.43. The Bertz CT molecular complexity index is 1110. The summed E-state index contributed by atoms with van der Waals surface area (Å²) in [7, 11) is 0. The second kappa shape index (κ2) is 10.9. The number of primary amides is 1. The van der Waals surface area contributed by atoms with Gasteiger partial charge in [0.1, 0.15) is 23.1 Å². The molecule has 1 saturated heterocycles. The minimum absolute atomic E-state index is 0.0133. The molecule has 1 atom stereocenters. The molecule has 9 nitrogen and oxygen atoms in total. The molecule has 0 saturated carbocycles. The molecule has 0 aromatic heterocycles. The van der Waals surface area contributed by atoms with Crippen LogP contribution in [0.25, 0.3) is 0 Å². The van der Waals surface area contributed by atoms with Gasteiger partial charge >= 0.3 is 12.1 Å². The van der Waals surface area contributed by atoms with Gasteiger partial charge in [0.2, 0.25) is 5.91 Å². The maximum atomic E-state index is 15.9. The molecule has 210 valence electrons. The van der Waals surface area contributed by atoms with E-state index >= 15 is 4.39 Å². The lowest BCUT2D eigenvalue weighted by Crippen LogP contribution is -2.45. The summed E-state index contributed by atoms with van der Waals surface area (Å²) in [5, 5.41) is 0. The van der Waals surface area contributed by atoms with Gasteiger partial charge in [0.15, 0.2) is 0 Å². The van der Waals surface area contributed by atoms with Crippen LogP contribution in [0, 0.1) is 12.7 Å². The zero-order valence-electron chi connectivity index (χ0n) is 23.5. The monoisotopic (exact) mass is 533 g/mol. The highest BCUT2D eigenvalue weighted by atomic mass is 19.1. The maximum absolute atomic E-state index is 15.9. The number of carbonyl (C=O) groups excluding carboxylic acids is 4. The van der Waals surface area contributed by atoms with Gasteiger partial charge in [-0.2, -0.15) is 0 Å². The lowest BCUT2D eigenvalue weighted by atomic mass is 9.86. The van der Waals surface area contributed by atoms with E-state index in [9.17, 15) is 19.2 Å². The zero-order valence-corrected chi connectivity index (χ0v) is 23.5. The van der Waals surface area contributed by atoms with Crippen molar-refractivity contribution in [2.75, 3.05) is 13.1 Å². The van der Waals surface area contributed by atoms with E-state index < -0.39 is 40.8 Å². The number of hydrogen-bond donors (Lipinski definition) is 1. The van der Waals surface area contributed by atoms with Crippen molar-refractivity contribution in [3.8, 4) is 0 Å². The third-order valence-electron chi connectivity index (χ3n) is 6.72. The summed E-state index contributed by atoms with van der Waals surface area (Å²) in [6.07, 6.45) is 0.623. The minimum atomic E-state index is -1.07. The summed E-state index contributed by atoms with van der Waals surface area (Å²) >= 11 is 0. The van der Waals surface area contributed by atoms with Crippen molar-refractivity contribution in [1.82, 2.24) is 9.80 Å². The number of ether oxygens (including phenoxy) is 2. The van der Waals surface area contributed by atoms with Crippen LogP contribution < -0.4 is 5.73 Å². The summed E-state index contributed by atoms with van der Waals surface area (Å²) < 4.78 is 26.6. The van der Waals surface area contributed by atoms with Crippen molar-refractivity contribution in [1.29, 1.82) is 0 Å². The van der Waals surface area contributed by atoms with Crippen LogP contribution in [0.15, 0.2) is 6.07 Å². The molecule has 2 aliphatic rings. The highest BCUT2D eigenvalue weighted by Gasteiger charge is 2.40. The van der Waals surface area contributed by atoms with Crippen molar-refractivity contribution in [3.05, 3.63) is 34.1 Å². The lowest BCUT2D eigenvalue weighted by molar-refractivity contribution is -0.155. The van der Waals surface area contributed by atoms with Gasteiger partial charge in [0.25, 0.3) is 5.91 Å². The Hall–Kier alpha value is -3.17. The number of nitrogens with two attached hydrogens (primary N) is 1.